The Hall–Kier alpha value is -1.81. The van der Waals surface area contributed by atoms with E-state index in [2.05, 4.69) is 34.7 Å². The second-order valence-electron chi connectivity index (χ2n) is 5.67. The number of para-hydroxylation sites is 1. The number of hydrogen-bond donors (Lipinski definition) is 1. The second-order valence-corrected chi connectivity index (χ2v) is 5.67. The fraction of sp³-hybridized carbons (Fsp3) is 0.471. The average molecular weight is 285 g/mol. The Morgan fingerprint density at radius 2 is 2.10 bits per heavy atom. The van der Waals surface area contributed by atoms with Crippen molar-refractivity contribution in [3.8, 4) is 0 Å². The molecule has 0 aliphatic heterocycles. The van der Waals surface area contributed by atoms with Crippen LogP contribution in [0.3, 0.4) is 0 Å². The van der Waals surface area contributed by atoms with Gasteiger partial charge in [0, 0.05) is 25.2 Å². The van der Waals surface area contributed by atoms with Gasteiger partial charge in [-0.05, 0) is 30.5 Å². The van der Waals surface area contributed by atoms with Gasteiger partial charge in [0.05, 0.1) is 18.7 Å². The summed E-state index contributed by atoms with van der Waals surface area (Å²) in [7, 11) is 1.82. The van der Waals surface area contributed by atoms with Crippen molar-refractivity contribution in [1.29, 1.82) is 0 Å². The SMILES string of the molecule is COC1CCCCC1Nc1ccccc1Cn1cccn1. The largest absolute Gasteiger partial charge is 0.379 e. The summed E-state index contributed by atoms with van der Waals surface area (Å²) in [6, 6.07) is 10.8. The van der Waals surface area contributed by atoms with Crippen molar-refractivity contribution < 1.29 is 4.74 Å². The molecule has 4 nitrogen and oxygen atoms in total. The topological polar surface area (TPSA) is 39.1 Å². The predicted octanol–water partition coefficient (Wildman–Crippen LogP) is 3.30. The summed E-state index contributed by atoms with van der Waals surface area (Å²) in [5.41, 5.74) is 2.46. The molecule has 4 heteroatoms. The maximum atomic E-state index is 5.64. The molecule has 1 saturated carbocycles. The molecule has 0 spiro atoms. The molecule has 1 N–H and O–H groups in total. The van der Waals surface area contributed by atoms with E-state index < -0.39 is 0 Å². The third-order valence-electron chi connectivity index (χ3n) is 4.26. The van der Waals surface area contributed by atoms with Crippen molar-refractivity contribution >= 4 is 5.69 Å². The number of benzene rings is 1. The molecule has 3 rings (SSSR count). The number of ether oxygens (including phenoxy) is 1. The van der Waals surface area contributed by atoms with Crippen LogP contribution in [-0.4, -0.2) is 29.0 Å². The molecule has 1 heterocycles. The first kappa shape index (κ1) is 14.1. The highest BCUT2D eigenvalue weighted by molar-refractivity contribution is 5.52. The van der Waals surface area contributed by atoms with Crippen LogP contribution in [0.4, 0.5) is 5.69 Å². The minimum absolute atomic E-state index is 0.316. The molecular formula is C17H23N3O. The van der Waals surface area contributed by atoms with Gasteiger partial charge in [0.15, 0.2) is 0 Å². The van der Waals surface area contributed by atoms with Gasteiger partial charge in [-0.25, -0.2) is 0 Å². The van der Waals surface area contributed by atoms with Gasteiger partial charge in [0.2, 0.25) is 0 Å². The number of rotatable bonds is 5. The number of anilines is 1. The van der Waals surface area contributed by atoms with Gasteiger partial charge in [-0.3, -0.25) is 4.68 Å². The Morgan fingerprint density at radius 1 is 1.24 bits per heavy atom. The minimum atomic E-state index is 0.316. The first-order chi connectivity index (χ1) is 10.4. The zero-order chi connectivity index (χ0) is 14.5. The Labute approximate surface area is 126 Å². The quantitative estimate of drug-likeness (QED) is 0.916. The zero-order valence-corrected chi connectivity index (χ0v) is 12.5. The number of hydrogen-bond acceptors (Lipinski definition) is 3. The van der Waals surface area contributed by atoms with Crippen LogP contribution in [0.15, 0.2) is 42.7 Å². The lowest BCUT2D eigenvalue weighted by atomic mass is 9.92. The van der Waals surface area contributed by atoms with Gasteiger partial charge < -0.3 is 10.1 Å². The van der Waals surface area contributed by atoms with Crippen LogP contribution >= 0.6 is 0 Å². The van der Waals surface area contributed by atoms with Crippen LogP contribution in [-0.2, 0) is 11.3 Å². The van der Waals surface area contributed by atoms with E-state index in [9.17, 15) is 0 Å². The van der Waals surface area contributed by atoms with Crippen molar-refractivity contribution in [2.24, 2.45) is 0 Å². The van der Waals surface area contributed by atoms with Gasteiger partial charge >= 0.3 is 0 Å². The Morgan fingerprint density at radius 3 is 2.90 bits per heavy atom. The number of nitrogens with one attached hydrogen (secondary N) is 1. The van der Waals surface area contributed by atoms with E-state index in [1.807, 2.05) is 30.3 Å². The predicted molar refractivity (Wildman–Crippen MR) is 84.4 cm³/mol. The molecule has 1 aromatic carbocycles. The highest BCUT2D eigenvalue weighted by Crippen LogP contribution is 2.26. The molecule has 21 heavy (non-hydrogen) atoms. The van der Waals surface area contributed by atoms with Gasteiger partial charge in [0.25, 0.3) is 0 Å². The number of nitrogens with zero attached hydrogens (tertiary/aromatic N) is 2. The standard InChI is InChI=1S/C17H23N3O/c1-21-17-10-5-4-9-16(17)19-15-8-3-2-7-14(15)13-20-12-6-11-18-20/h2-3,6-8,11-12,16-17,19H,4-5,9-10,13H2,1H3. The van der Waals surface area contributed by atoms with E-state index in [1.165, 1.54) is 30.5 Å². The summed E-state index contributed by atoms with van der Waals surface area (Å²) in [5.74, 6) is 0. The lowest BCUT2D eigenvalue weighted by Gasteiger charge is -2.32. The van der Waals surface area contributed by atoms with Crippen LogP contribution in [0.1, 0.15) is 31.2 Å². The summed E-state index contributed by atoms with van der Waals surface area (Å²) in [6.45, 7) is 0.792. The third kappa shape index (κ3) is 3.45. The van der Waals surface area contributed by atoms with Crippen LogP contribution < -0.4 is 5.32 Å². The molecule has 1 aliphatic rings. The van der Waals surface area contributed by atoms with Crippen LogP contribution in [0.2, 0.25) is 0 Å². The minimum Gasteiger partial charge on any atom is -0.379 e. The summed E-state index contributed by atoms with van der Waals surface area (Å²) >= 11 is 0. The van der Waals surface area contributed by atoms with Gasteiger partial charge in [0.1, 0.15) is 0 Å². The van der Waals surface area contributed by atoms with E-state index in [-0.39, 0.29) is 0 Å². The van der Waals surface area contributed by atoms with Crippen molar-refractivity contribution in [1.82, 2.24) is 9.78 Å². The number of aromatic nitrogens is 2. The number of methoxy groups -OCH3 is 1. The van der Waals surface area contributed by atoms with Crippen molar-refractivity contribution in [2.45, 2.75) is 44.4 Å². The fourth-order valence-corrected chi connectivity index (χ4v) is 3.11. The summed E-state index contributed by atoms with van der Waals surface area (Å²) < 4.78 is 7.60. The summed E-state index contributed by atoms with van der Waals surface area (Å²) in [4.78, 5) is 0. The Bertz CT molecular complexity index is 553. The molecule has 112 valence electrons. The van der Waals surface area contributed by atoms with E-state index in [0.29, 0.717) is 12.1 Å². The smallest absolute Gasteiger partial charge is 0.0772 e. The fourth-order valence-electron chi connectivity index (χ4n) is 3.11. The summed E-state index contributed by atoms with van der Waals surface area (Å²) in [6.07, 6.45) is 9.00. The molecule has 2 atom stereocenters. The van der Waals surface area contributed by atoms with E-state index in [4.69, 9.17) is 4.74 Å². The van der Waals surface area contributed by atoms with E-state index in [1.54, 1.807) is 0 Å². The molecule has 0 bridgehead atoms. The maximum absolute atomic E-state index is 5.64. The highest BCUT2D eigenvalue weighted by Gasteiger charge is 2.25. The van der Waals surface area contributed by atoms with Crippen molar-refractivity contribution in [2.75, 3.05) is 12.4 Å². The molecule has 1 aliphatic carbocycles. The molecular weight excluding hydrogens is 262 g/mol. The van der Waals surface area contributed by atoms with Crippen LogP contribution in [0.5, 0.6) is 0 Å². The van der Waals surface area contributed by atoms with Crippen molar-refractivity contribution in [3.63, 3.8) is 0 Å². The molecule has 0 saturated heterocycles. The lowest BCUT2D eigenvalue weighted by molar-refractivity contribution is 0.0606. The van der Waals surface area contributed by atoms with Gasteiger partial charge in [-0.15, -0.1) is 0 Å². The molecule has 0 radical (unpaired) electrons. The molecule has 1 fully saturated rings. The molecule has 0 amide bonds. The molecule has 2 unspecified atom stereocenters. The van der Waals surface area contributed by atoms with Crippen LogP contribution in [0, 0.1) is 0 Å². The Kier molecular flexibility index (Phi) is 4.55. The van der Waals surface area contributed by atoms with Crippen LogP contribution in [0.25, 0.3) is 0 Å². The lowest BCUT2D eigenvalue weighted by Crippen LogP contribution is -2.38. The maximum Gasteiger partial charge on any atom is 0.0772 e. The first-order valence-corrected chi connectivity index (χ1v) is 7.71. The normalized spacial score (nSPS) is 22.1. The Balaban J connectivity index is 1.75. The first-order valence-electron chi connectivity index (χ1n) is 7.71. The molecule has 1 aromatic heterocycles. The zero-order valence-electron chi connectivity index (χ0n) is 12.5. The monoisotopic (exact) mass is 285 g/mol. The van der Waals surface area contributed by atoms with Crippen molar-refractivity contribution in [3.05, 3.63) is 48.3 Å². The molecule has 2 aromatic rings. The third-order valence-corrected chi connectivity index (χ3v) is 4.26. The summed E-state index contributed by atoms with van der Waals surface area (Å²) in [5, 5.41) is 7.99. The average Bonchev–Trinajstić information content (AvgIpc) is 3.03. The second kappa shape index (κ2) is 6.76. The van der Waals surface area contributed by atoms with E-state index in [0.717, 1.165) is 13.0 Å². The van der Waals surface area contributed by atoms with E-state index >= 15 is 0 Å². The van der Waals surface area contributed by atoms with Gasteiger partial charge in [-0.2, -0.15) is 5.10 Å². The van der Waals surface area contributed by atoms with Gasteiger partial charge in [-0.1, -0.05) is 31.0 Å². The highest BCUT2D eigenvalue weighted by atomic mass is 16.5.